The predicted molar refractivity (Wildman–Crippen MR) is 81.8 cm³/mol. The molecule has 0 unspecified atom stereocenters. The fourth-order valence-corrected chi connectivity index (χ4v) is 2.58. The SMILES string of the molecule is CCCCOc1ccc(CS[C@@H](CC(=O)O)C(=O)O)cc1. The molecule has 1 atom stereocenters. The average molecular weight is 312 g/mol. The van der Waals surface area contributed by atoms with E-state index >= 15 is 0 Å². The number of carbonyl (C=O) groups is 2. The molecule has 1 rings (SSSR count). The lowest BCUT2D eigenvalue weighted by Gasteiger charge is -2.10. The highest BCUT2D eigenvalue weighted by Crippen LogP contribution is 2.22. The predicted octanol–water partition coefficient (Wildman–Crippen LogP) is 3.03. The van der Waals surface area contributed by atoms with Gasteiger partial charge >= 0.3 is 11.9 Å². The molecule has 0 fully saturated rings. The molecule has 5 nitrogen and oxygen atoms in total. The zero-order valence-corrected chi connectivity index (χ0v) is 12.8. The summed E-state index contributed by atoms with van der Waals surface area (Å²) in [7, 11) is 0. The molecule has 0 saturated heterocycles. The zero-order chi connectivity index (χ0) is 15.7. The van der Waals surface area contributed by atoms with Gasteiger partial charge in [0.05, 0.1) is 13.0 Å². The van der Waals surface area contributed by atoms with Crippen LogP contribution in [0.5, 0.6) is 5.75 Å². The van der Waals surface area contributed by atoms with Crippen molar-refractivity contribution in [3.63, 3.8) is 0 Å². The number of unbranched alkanes of at least 4 members (excludes halogenated alkanes) is 1. The van der Waals surface area contributed by atoms with Gasteiger partial charge in [-0.2, -0.15) is 0 Å². The van der Waals surface area contributed by atoms with Gasteiger partial charge in [-0.25, -0.2) is 0 Å². The maximum absolute atomic E-state index is 11.0. The summed E-state index contributed by atoms with van der Waals surface area (Å²) in [5, 5.41) is 16.7. The standard InChI is InChI=1S/C15H20O5S/c1-2-3-8-20-12-6-4-11(5-7-12)10-21-13(15(18)19)9-14(16)17/h4-7,13H,2-3,8-10H2,1H3,(H,16,17)(H,18,19)/t13-/m0/s1. The van der Waals surface area contributed by atoms with E-state index in [0.29, 0.717) is 12.4 Å². The number of hydrogen-bond donors (Lipinski definition) is 2. The molecule has 0 aliphatic rings. The minimum Gasteiger partial charge on any atom is -0.494 e. The maximum Gasteiger partial charge on any atom is 0.317 e. The van der Waals surface area contributed by atoms with Gasteiger partial charge in [0.25, 0.3) is 0 Å². The lowest BCUT2D eigenvalue weighted by Crippen LogP contribution is -2.20. The van der Waals surface area contributed by atoms with E-state index in [1.54, 1.807) is 0 Å². The molecular formula is C15H20O5S. The van der Waals surface area contributed by atoms with Crippen LogP contribution in [0.25, 0.3) is 0 Å². The summed E-state index contributed by atoms with van der Waals surface area (Å²) in [4.78, 5) is 21.6. The van der Waals surface area contributed by atoms with Crippen molar-refractivity contribution in [2.45, 2.75) is 37.2 Å². The van der Waals surface area contributed by atoms with Crippen LogP contribution in [-0.2, 0) is 15.3 Å². The van der Waals surface area contributed by atoms with Crippen LogP contribution < -0.4 is 4.74 Å². The van der Waals surface area contributed by atoms with Crippen molar-refractivity contribution in [1.82, 2.24) is 0 Å². The Hall–Kier alpha value is -1.69. The fraction of sp³-hybridized carbons (Fsp3) is 0.467. The first-order valence-corrected chi connectivity index (χ1v) is 7.85. The van der Waals surface area contributed by atoms with Crippen LogP contribution in [0.15, 0.2) is 24.3 Å². The van der Waals surface area contributed by atoms with Gasteiger partial charge < -0.3 is 14.9 Å². The Balaban J connectivity index is 2.47. The average Bonchev–Trinajstić information content (AvgIpc) is 2.44. The number of benzene rings is 1. The van der Waals surface area contributed by atoms with Gasteiger partial charge in [0, 0.05) is 5.75 Å². The van der Waals surface area contributed by atoms with Crippen molar-refractivity contribution < 1.29 is 24.5 Å². The third kappa shape index (κ3) is 7.04. The molecule has 0 aliphatic heterocycles. The molecular weight excluding hydrogens is 292 g/mol. The molecule has 0 radical (unpaired) electrons. The van der Waals surface area contributed by atoms with E-state index in [4.69, 9.17) is 14.9 Å². The second-order valence-corrected chi connectivity index (χ2v) is 5.77. The Kier molecular flexibility index (Phi) is 7.68. The first kappa shape index (κ1) is 17.4. The van der Waals surface area contributed by atoms with E-state index < -0.39 is 17.2 Å². The first-order chi connectivity index (χ1) is 10.0. The highest BCUT2D eigenvalue weighted by Gasteiger charge is 2.21. The Morgan fingerprint density at radius 2 is 1.90 bits per heavy atom. The van der Waals surface area contributed by atoms with Gasteiger partial charge in [-0.3, -0.25) is 9.59 Å². The summed E-state index contributed by atoms with van der Waals surface area (Å²) >= 11 is 1.12. The number of hydrogen-bond acceptors (Lipinski definition) is 4. The van der Waals surface area contributed by atoms with Gasteiger partial charge in [-0.05, 0) is 24.1 Å². The van der Waals surface area contributed by atoms with Crippen molar-refractivity contribution in [3.05, 3.63) is 29.8 Å². The van der Waals surface area contributed by atoms with Crippen LogP contribution in [0, 0.1) is 0 Å². The number of rotatable bonds is 10. The van der Waals surface area contributed by atoms with Crippen molar-refractivity contribution in [3.8, 4) is 5.75 Å². The van der Waals surface area contributed by atoms with Crippen LogP contribution in [0.4, 0.5) is 0 Å². The summed E-state index contributed by atoms with van der Waals surface area (Å²) in [6, 6.07) is 7.43. The summed E-state index contributed by atoms with van der Waals surface area (Å²) < 4.78 is 5.54. The third-order valence-corrected chi connectivity index (χ3v) is 4.05. The Labute approximate surface area is 128 Å². The summed E-state index contributed by atoms with van der Waals surface area (Å²) in [6.07, 6.45) is 1.71. The van der Waals surface area contributed by atoms with E-state index in [0.717, 1.165) is 35.9 Å². The van der Waals surface area contributed by atoms with Crippen LogP contribution in [-0.4, -0.2) is 34.0 Å². The van der Waals surface area contributed by atoms with Crippen LogP contribution in [0.3, 0.4) is 0 Å². The Morgan fingerprint density at radius 1 is 1.24 bits per heavy atom. The van der Waals surface area contributed by atoms with E-state index in [1.165, 1.54) is 0 Å². The molecule has 0 aromatic heterocycles. The minimum absolute atomic E-state index is 0.377. The number of ether oxygens (including phenoxy) is 1. The second-order valence-electron chi connectivity index (χ2n) is 4.58. The molecule has 0 bridgehead atoms. The molecule has 2 N–H and O–H groups in total. The number of aliphatic carboxylic acids is 2. The van der Waals surface area contributed by atoms with Crippen LogP contribution in [0.2, 0.25) is 0 Å². The largest absolute Gasteiger partial charge is 0.494 e. The van der Waals surface area contributed by atoms with Gasteiger partial charge in [-0.15, -0.1) is 11.8 Å². The molecule has 0 spiro atoms. The normalized spacial score (nSPS) is 11.9. The lowest BCUT2D eigenvalue weighted by atomic mass is 10.2. The van der Waals surface area contributed by atoms with Crippen molar-refractivity contribution in [2.75, 3.05) is 6.61 Å². The molecule has 116 valence electrons. The monoisotopic (exact) mass is 312 g/mol. The molecule has 0 saturated carbocycles. The molecule has 0 heterocycles. The maximum atomic E-state index is 11.0. The quantitative estimate of drug-likeness (QED) is 0.646. The molecule has 6 heteroatoms. The Morgan fingerprint density at radius 3 is 2.43 bits per heavy atom. The molecule has 1 aromatic rings. The minimum atomic E-state index is -1.10. The number of carboxylic acid groups (broad SMARTS) is 2. The van der Waals surface area contributed by atoms with E-state index in [1.807, 2.05) is 24.3 Å². The van der Waals surface area contributed by atoms with Gasteiger partial charge in [-0.1, -0.05) is 25.5 Å². The van der Waals surface area contributed by atoms with E-state index in [-0.39, 0.29) is 6.42 Å². The Bertz CT molecular complexity index is 458. The fourth-order valence-electron chi connectivity index (χ4n) is 1.59. The topological polar surface area (TPSA) is 83.8 Å². The van der Waals surface area contributed by atoms with Gasteiger partial charge in [0.1, 0.15) is 11.0 Å². The van der Waals surface area contributed by atoms with E-state index in [2.05, 4.69) is 6.92 Å². The van der Waals surface area contributed by atoms with E-state index in [9.17, 15) is 9.59 Å². The first-order valence-electron chi connectivity index (χ1n) is 6.81. The molecule has 0 amide bonds. The van der Waals surface area contributed by atoms with Crippen molar-refractivity contribution in [1.29, 1.82) is 0 Å². The number of thioether (sulfide) groups is 1. The highest BCUT2D eigenvalue weighted by atomic mass is 32.2. The smallest absolute Gasteiger partial charge is 0.317 e. The molecule has 0 aliphatic carbocycles. The third-order valence-electron chi connectivity index (χ3n) is 2.78. The number of carboxylic acids is 2. The van der Waals surface area contributed by atoms with Crippen molar-refractivity contribution in [2.24, 2.45) is 0 Å². The lowest BCUT2D eigenvalue weighted by molar-refractivity contribution is -0.142. The second kappa shape index (κ2) is 9.28. The van der Waals surface area contributed by atoms with Gasteiger partial charge in [0.2, 0.25) is 0 Å². The molecule has 1 aromatic carbocycles. The zero-order valence-electron chi connectivity index (χ0n) is 11.9. The van der Waals surface area contributed by atoms with Crippen LogP contribution in [0.1, 0.15) is 31.7 Å². The van der Waals surface area contributed by atoms with Gasteiger partial charge in [0.15, 0.2) is 0 Å². The van der Waals surface area contributed by atoms with Crippen molar-refractivity contribution >= 4 is 23.7 Å². The summed E-state index contributed by atoms with van der Waals surface area (Å²) in [5.74, 6) is -0.950. The summed E-state index contributed by atoms with van der Waals surface area (Å²) in [5.41, 5.74) is 0.944. The molecule has 21 heavy (non-hydrogen) atoms. The summed E-state index contributed by atoms with van der Waals surface area (Å²) in [6.45, 7) is 2.78. The van der Waals surface area contributed by atoms with Crippen LogP contribution >= 0.6 is 11.8 Å². The highest BCUT2D eigenvalue weighted by molar-refractivity contribution is 7.99.